The first-order chi connectivity index (χ1) is 3.39. The van der Waals surface area contributed by atoms with Gasteiger partial charge in [-0.2, -0.15) is 0 Å². The normalized spacial score (nSPS) is 7.62. The third-order valence-corrected chi connectivity index (χ3v) is 0.657. The van der Waals surface area contributed by atoms with Gasteiger partial charge in [-0.1, -0.05) is 0 Å². The number of hydrogen-bond acceptors (Lipinski definition) is 3. The van der Waals surface area contributed by atoms with E-state index in [2.05, 4.69) is 15.0 Å². The second kappa shape index (κ2) is 4.21. The van der Waals surface area contributed by atoms with E-state index in [1.807, 2.05) is 0 Å². The summed E-state index contributed by atoms with van der Waals surface area (Å²) in [5.41, 5.74) is 0. The molecule has 0 aromatic carbocycles. The Kier molecular flexibility index (Phi) is 4.36. The zero-order valence-electron chi connectivity index (χ0n) is 4.37. The van der Waals surface area contributed by atoms with Gasteiger partial charge in [0.05, 0.1) is 0 Å². The summed E-state index contributed by atoms with van der Waals surface area (Å²) in [5, 5.41) is 0.231. The van der Waals surface area contributed by atoms with Crippen LogP contribution in [-0.2, 0) is 0 Å². The predicted molar refractivity (Wildman–Crippen MR) is 30.6 cm³/mol. The van der Waals surface area contributed by atoms with E-state index in [1.54, 1.807) is 0 Å². The number of nitrogens with zero attached hydrogens (tertiary/aromatic N) is 3. The molecule has 1 aromatic heterocycles. The average molecular weight is 139 g/mol. The Hall–Kier alpha value is 0.300. The molecule has 0 amide bonds. The monoisotopic (exact) mass is 138 g/mol. The minimum atomic E-state index is 0. The van der Waals surface area contributed by atoms with E-state index in [-0.39, 0.29) is 34.8 Å². The molecule has 8 heavy (non-hydrogen) atoms. The van der Waals surface area contributed by atoms with Gasteiger partial charge in [-0.3, -0.25) is 0 Å². The molecule has 0 aliphatic rings. The number of rotatable bonds is 0. The van der Waals surface area contributed by atoms with Crippen molar-refractivity contribution in [1.29, 1.82) is 0 Å². The molecule has 1 radical (unpaired) electrons. The van der Waals surface area contributed by atoms with Crippen LogP contribution >= 0.6 is 11.6 Å². The first-order valence-corrected chi connectivity index (χ1v) is 2.05. The average Bonchev–Trinajstić information content (AvgIpc) is 1.69. The maximum atomic E-state index is 5.28. The fraction of sp³-hybridized carbons (Fsp3) is 0. The number of hydrogen-bond donors (Lipinski definition) is 0. The van der Waals surface area contributed by atoms with Crippen molar-refractivity contribution in [3.8, 4) is 0 Å². The number of aromatic nitrogens is 3. The topological polar surface area (TPSA) is 38.7 Å². The molecule has 0 spiro atoms. The molecule has 1 heterocycles. The van der Waals surface area contributed by atoms with Crippen LogP contribution in [-0.4, -0.2) is 44.5 Å². The zero-order chi connectivity index (χ0) is 5.11. The Morgan fingerprint density at radius 1 is 1.25 bits per heavy atom. The van der Waals surface area contributed by atoms with Gasteiger partial charge in [0.25, 0.3) is 0 Å². The molecule has 0 saturated heterocycles. The van der Waals surface area contributed by atoms with E-state index < -0.39 is 0 Å². The van der Waals surface area contributed by atoms with Crippen molar-refractivity contribution < 1.29 is 0 Å². The van der Waals surface area contributed by atoms with Crippen molar-refractivity contribution in [2.24, 2.45) is 0 Å². The maximum Gasteiger partial charge on any atom is 0.225 e. The van der Waals surface area contributed by atoms with Crippen molar-refractivity contribution in [2.45, 2.75) is 0 Å². The first kappa shape index (κ1) is 8.30. The van der Waals surface area contributed by atoms with Crippen LogP contribution in [0.1, 0.15) is 0 Å². The van der Waals surface area contributed by atoms with Crippen LogP contribution in [0.15, 0.2) is 12.7 Å². The van der Waals surface area contributed by atoms with Gasteiger partial charge in [-0.05, 0) is 11.6 Å². The second-order valence-corrected chi connectivity index (χ2v) is 1.25. The fourth-order valence-corrected chi connectivity index (χ4v) is 0.312. The van der Waals surface area contributed by atoms with E-state index >= 15 is 0 Å². The first-order valence-electron chi connectivity index (χ1n) is 1.67. The molecule has 3 nitrogen and oxygen atoms in total. The molecule has 5 heteroatoms. The van der Waals surface area contributed by atoms with Crippen molar-refractivity contribution in [3.63, 3.8) is 0 Å². The van der Waals surface area contributed by atoms with Crippen LogP contribution in [0.4, 0.5) is 0 Å². The summed E-state index contributed by atoms with van der Waals surface area (Å²) < 4.78 is 0. The van der Waals surface area contributed by atoms with Crippen molar-refractivity contribution in [2.75, 3.05) is 0 Å². The summed E-state index contributed by atoms with van der Waals surface area (Å²) in [7, 11) is 0. The van der Waals surface area contributed by atoms with E-state index in [4.69, 9.17) is 11.6 Å². The largest absolute Gasteiger partial charge is 0.225 e. The van der Waals surface area contributed by atoms with Crippen molar-refractivity contribution in [3.05, 3.63) is 17.9 Å². The third-order valence-electron chi connectivity index (χ3n) is 0.462. The van der Waals surface area contributed by atoms with Gasteiger partial charge >= 0.3 is 0 Å². The van der Waals surface area contributed by atoms with Crippen LogP contribution in [0, 0.1) is 0 Å². The Balaban J connectivity index is 0.000000490. The molecule has 1 rings (SSSR count). The van der Waals surface area contributed by atoms with Gasteiger partial charge < -0.3 is 0 Å². The van der Waals surface area contributed by atoms with Gasteiger partial charge in [-0.25, -0.2) is 15.0 Å². The minimum Gasteiger partial charge on any atom is -0.225 e. The fourth-order valence-electron chi connectivity index (χ4n) is 0.225. The van der Waals surface area contributed by atoms with Crippen molar-refractivity contribution in [1.82, 2.24) is 15.0 Å². The summed E-state index contributed by atoms with van der Waals surface area (Å²) in [4.78, 5) is 10.6. The van der Waals surface area contributed by atoms with E-state index in [9.17, 15) is 0 Å². The summed E-state index contributed by atoms with van der Waals surface area (Å²) in [6.07, 6.45) is 2.69. The quantitative estimate of drug-likeness (QED) is 0.479. The van der Waals surface area contributed by atoms with Crippen LogP contribution in [0.25, 0.3) is 0 Å². The van der Waals surface area contributed by atoms with Crippen LogP contribution < -0.4 is 0 Å². The summed E-state index contributed by atoms with van der Waals surface area (Å²) in [6.45, 7) is 0. The molecule has 0 fully saturated rings. The minimum absolute atomic E-state index is 0. The molecule has 0 aliphatic carbocycles. The SMILES string of the molecule is Clc1ncncn1.[Na]. The van der Waals surface area contributed by atoms with Crippen LogP contribution in [0.5, 0.6) is 0 Å². The molecule has 0 N–H and O–H groups in total. The molecule has 0 aliphatic heterocycles. The Labute approximate surface area is 73.8 Å². The maximum absolute atomic E-state index is 5.28. The standard InChI is InChI=1S/C3H2ClN3.Na/c4-3-6-1-5-2-7-3;/h1-2H;. The van der Waals surface area contributed by atoms with Crippen molar-refractivity contribution >= 4 is 41.2 Å². The van der Waals surface area contributed by atoms with E-state index in [0.29, 0.717) is 0 Å². The van der Waals surface area contributed by atoms with Gasteiger partial charge in [-0.15, -0.1) is 0 Å². The third kappa shape index (κ3) is 2.57. The molecule has 0 bridgehead atoms. The Morgan fingerprint density at radius 2 is 1.75 bits per heavy atom. The van der Waals surface area contributed by atoms with Gasteiger partial charge in [0.1, 0.15) is 12.7 Å². The van der Waals surface area contributed by atoms with E-state index in [1.165, 1.54) is 12.7 Å². The molecule has 37 valence electrons. The molecular weight excluding hydrogens is 136 g/mol. The molecule has 0 saturated carbocycles. The molecule has 0 unspecified atom stereocenters. The second-order valence-electron chi connectivity index (χ2n) is 0.907. The molecule has 1 aromatic rings. The zero-order valence-corrected chi connectivity index (χ0v) is 7.13. The smallest absolute Gasteiger partial charge is 0.225 e. The Morgan fingerprint density at radius 3 is 2.00 bits per heavy atom. The van der Waals surface area contributed by atoms with Gasteiger partial charge in [0.2, 0.25) is 5.28 Å². The van der Waals surface area contributed by atoms with Crippen LogP contribution in [0.2, 0.25) is 5.28 Å². The summed E-state index contributed by atoms with van der Waals surface area (Å²) >= 11 is 5.28. The summed E-state index contributed by atoms with van der Waals surface area (Å²) in [6, 6.07) is 0. The molecular formula is C3H2ClN3Na. The van der Waals surface area contributed by atoms with Gasteiger partial charge in [0, 0.05) is 29.6 Å². The number of halogens is 1. The van der Waals surface area contributed by atoms with E-state index in [0.717, 1.165) is 0 Å². The summed E-state index contributed by atoms with van der Waals surface area (Å²) in [5.74, 6) is 0. The molecule has 0 atom stereocenters. The van der Waals surface area contributed by atoms with Crippen LogP contribution in [0.3, 0.4) is 0 Å². The predicted octanol–water partition coefficient (Wildman–Crippen LogP) is 0.144. The Bertz CT molecular complexity index is 144. The van der Waals surface area contributed by atoms with Gasteiger partial charge in [0.15, 0.2) is 0 Å².